The zero-order chi connectivity index (χ0) is 15.7. The Morgan fingerprint density at radius 3 is 2.64 bits per heavy atom. The van der Waals surface area contributed by atoms with Gasteiger partial charge < -0.3 is 10.6 Å². The Morgan fingerprint density at radius 1 is 1.23 bits per heavy atom. The zero-order valence-corrected chi connectivity index (χ0v) is 13.1. The lowest BCUT2D eigenvalue weighted by atomic mass is 10.0. The maximum absolute atomic E-state index is 6.05. The van der Waals surface area contributed by atoms with Gasteiger partial charge in [-0.15, -0.1) is 6.58 Å². The minimum absolute atomic E-state index is 0.0584. The second kappa shape index (κ2) is 5.78. The third-order valence-electron chi connectivity index (χ3n) is 4.10. The van der Waals surface area contributed by atoms with Crippen molar-refractivity contribution in [3.63, 3.8) is 0 Å². The predicted molar refractivity (Wildman–Crippen MR) is 93.9 cm³/mol. The maximum Gasteiger partial charge on any atom is 0.127 e. The quantitative estimate of drug-likeness (QED) is 0.879. The van der Waals surface area contributed by atoms with E-state index in [-0.39, 0.29) is 6.04 Å². The Kier molecular flexibility index (Phi) is 3.82. The lowest BCUT2D eigenvalue weighted by Crippen LogP contribution is -2.19. The van der Waals surface area contributed by atoms with Gasteiger partial charge in [0.25, 0.3) is 0 Å². The fraction of sp³-hybridized carbons (Fsp3) is 0.211. The molecule has 1 aliphatic rings. The summed E-state index contributed by atoms with van der Waals surface area (Å²) >= 11 is 0. The minimum Gasteiger partial charge on any atom is -0.363 e. The molecular formula is C19H21N3. The third kappa shape index (κ3) is 2.68. The predicted octanol–water partition coefficient (Wildman–Crippen LogP) is 3.27. The minimum atomic E-state index is -0.0584. The summed E-state index contributed by atoms with van der Waals surface area (Å²) in [6.45, 7) is 3.78. The first kappa shape index (κ1) is 14.5. The van der Waals surface area contributed by atoms with Crippen LogP contribution in [0.5, 0.6) is 0 Å². The van der Waals surface area contributed by atoms with Crippen LogP contribution < -0.4 is 10.6 Å². The number of nitrogens with zero attached hydrogens (tertiary/aromatic N) is 2. The highest BCUT2D eigenvalue weighted by molar-refractivity contribution is 5.73. The zero-order valence-electron chi connectivity index (χ0n) is 13.1. The number of hydrogen-bond acceptors (Lipinski definition) is 3. The largest absolute Gasteiger partial charge is 0.363 e. The molecule has 1 atom stereocenters. The Bertz CT molecular complexity index is 727. The highest BCUT2D eigenvalue weighted by atomic mass is 15.1. The van der Waals surface area contributed by atoms with Crippen LogP contribution in [0.2, 0.25) is 0 Å². The second-order valence-electron chi connectivity index (χ2n) is 5.87. The number of benzene rings is 1. The van der Waals surface area contributed by atoms with E-state index in [0.29, 0.717) is 0 Å². The van der Waals surface area contributed by atoms with Gasteiger partial charge in [-0.2, -0.15) is 0 Å². The van der Waals surface area contributed by atoms with Gasteiger partial charge in [0.05, 0.1) is 0 Å². The van der Waals surface area contributed by atoms with Crippen molar-refractivity contribution < 1.29 is 0 Å². The summed E-state index contributed by atoms with van der Waals surface area (Å²) in [4.78, 5) is 6.48. The molecule has 3 rings (SSSR count). The summed E-state index contributed by atoms with van der Waals surface area (Å²) in [5.74, 6) is 0.962. The number of anilines is 1. The van der Waals surface area contributed by atoms with Gasteiger partial charge >= 0.3 is 0 Å². The molecule has 1 aromatic heterocycles. The third-order valence-corrected chi connectivity index (χ3v) is 4.10. The van der Waals surface area contributed by atoms with Crippen molar-refractivity contribution in [2.75, 3.05) is 19.0 Å². The summed E-state index contributed by atoms with van der Waals surface area (Å²) in [7, 11) is 3.99. The average Bonchev–Trinajstić information content (AvgIpc) is 2.97. The van der Waals surface area contributed by atoms with Crippen molar-refractivity contribution in [1.82, 2.24) is 4.98 Å². The molecule has 0 saturated heterocycles. The number of rotatable bonds is 4. The molecule has 0 radical (unpaired) electrons. The van der Waals surface area contributed by atoms with Crippen molar-refractivity contribution in [1.29, 1.82) is 0 Å². The standard InChI is InChI=1S/C19H21N3/c1-4-18(20)17-10-14-6-5-13(9-16(14)11-17)15-7-8-19(21-12-15)22(2)3/h4-9,11-12,18H,1,10,20H2,2-3H3. The molecule has 1 unspecified atom stereocenters. The molecule has 3 heteroatoms. The van der Waals surface area contributed by atoms with Gasteiger partial charge in [0.1, 0.15) is 5.82 Å². The molecule has 2 N–H and O–H groups in total. The van der Waals surface area contributed by atoms with Crippen molar-refractivity contribution in [2.24, 2.45) is 5.73 Å². The maximum atomic E-state index is 6.05. The highest BCUT2D eigenvalue weighted by Gasteiger charge is 2.16. The summed E-state index contributed by atoms with van der Waals surface area (Å²) in [6, 6.07) is 10.6. The topological polar surface area (TPSA) is 42.1 Å². The number of fused-ring (bicyclic) bond motifs is 1. The second-order valence-corrected chi connectivity index (χ2v) is 5.87. The molecular weight excluding hydrogens is 270 g/mol. The first-order valence-electron chi connectivity index (χ1n) is 7.44. The Hall–Kier alpha value is -2.39. The fourth-order valence-corrected chi connectivity index (χ4v) is 2.73. The van der Waals surface area contributed by atoms with Crippen LogP contribution in [0.1, 0.15) is 11.1 Å². The fourth-order valence-electron chi connectivity index (χ4n) is 2.73. The molecule has 1 heterocycles. The summed E-state index contributed by atoms with van der Waals surface area (Å²) < 4.78 is 0. The van der Waals surface area contributed by atoms with Crippen molar-refractivity contribution in [3.8, 4) is 11.1 Å². The van der Waals surface area contributed by atoms with Crippen LogP contribution in [0.3, 0.4) is 0 Å². The molecule has 2 aromatic rings. The first-order valence-corrected chi connectivity index (χ1v) is 7.44. The van der Waals surface area contributed by atoms with E-state index in [1.807, 2.05) is 31.3 Å². The molecule has 0 saturated carbocycles. The van der Waals surface area contributed by atoms with Gasteiger partial charge in [-0.05, 0) is 46.9 Å². The van der Waals surface area contributed by atoms with Crippen LogP contribution in [0.15, 0.2) is 54.8 Å². The highest BCUT2D eigenvalue weighted by Crippen LogP contribution is 2.31. The molecule has 0 spiro atoms. The smallest absolute Gasteiger partial charge is 0.127 e. The van der Waals surface area contributed by atoms with Crippen LogP contribution >= 0.6 is 0 Å². The number of pyridine rings is 1. The van der Waals surface area contributed by atoms with Gasteiger partial charge in [-0.1, -0.05) is 24.3 Å². The van der Waals surface area contributed by atoms with Gasteiger partial charge in [-0.25, -0.2) is 4.98 Å². The summed E-state index contributed by atoms with van der Waals surface area (Å²) in [5.41, 5.74) is 12.2. The van der Waals surface area contributed by atoms with Crippen LogP contribution in [0.4, 0.5) is 5.82 Å². The monoisotopic (exact) mass is 291 g/mol. The van der Waals surface area contributed by atoms with Crippen LogP contribution in [-0.4, -0.2) is 25.1 Å². The SMILES string of the molecule is C=CC(N)C1=Cc2cc(-c3ccc(N(C)C)nc3)ccc2C1. The number of aromatic nitrogens is 1. The normalized spacial score (nSPS) is 14.2. The average molecular weight is 291 g/mol. The summed E-state index contributed by atoms with van der Waals surface area (Å²) in [5, 5.41) is 0. The van der Waals surface area contributed by atoms with E-state index in [9.17, 15) is 0 Å². The van der Waals surface area contributed by atoms with E-state index in [4.69, 9.17) is 5.73 Å². The van der Waals surface area contributed by atoms with Crippen LogP contribution in [0.25, 0.3) is 17.2 Å². The molecule has 1 aliphatic carbocycles. The lowest BCUT2D eigenvalue weighted by molar-refractivity contribution is 0.923. The van der Waals surface area contributed by atoms with Crippen molar-refractivity contribution in [2.45, 2.75) is 12.5 Å². The van der Waals surface area contributed by atoms with E-state index in [0.717, 1.165) is 17.8 Å². The van der Waals surface area contributed by atoms with Crippen LogP contribution in [0, 0.1) is 0 Å². The Morgan fingerprint density at radius 2 is 2.00 bits per heavy atom. The van der Waals surface area contributed by atoms with E-state index >= 15 is 0 Å². The first-order chi connectivity index (χ1) is 10.6. The van der Waals surface area contributed by atoms with E-state index < -0.39 is 0 Å². The molecule has 0 fully saturated rings. The van der Waals surface area contributed by atoms with Gasteiger partial charge in [0.15, 0.2) is 0 Å². The van der Waals surface area contributed by atoms with Gasteiger partial charge in [0.2, 0.25) is 0 Å². The molecule has 0 aliphatic heterocycles. The van der Waals surface area contributed by atoms with Crippen LogP contribution in [-0.2, 0) is 6.42 Å². The van der Waals surface area contributed by atoms with E-state index in [2.05, 4.69) is 41.9 Å². The Labute approximate surface area is 131 Å². The molecule has 3 nitrogen and oxygen atoms in total. The lowest BCUT2D eigenvalue weighted by Gasteiger charge is -2.11. The molecule has 0 amide bonds. The van der Waals surface area contributed by atoms with E-state index in [1.54, 1.807) is 6.08 Å². The van der Waals surface area contributed by atoms with E-state index in [1.165, 1.54) is 22.3 Å². The molecule has 112 valence electrons. The molecule has 22 heavy (non-hydrogen) atoms. The summed E-state index contributed by atoms with van der Waals surface area (Å²) in [6.07, 6.45) is 6.82. The van der Waals surface area contributed by atoms with Gasteiger partial charge in [-0.3, -0.25) is 0 Å². The number of hydrogen-bond donors (Lipinski definition) is 1. The molecule has 1 aromatic carbocycles. The Balaban J connectivity index is 1.91. The van der Waals surface area contributed by atoms with Gasteiger partial charge in [0, 0.05) is 31.9 Å². The van der Waals surface area contributed by atoms with Crippen molar-refractivity contribution >= 4 is 11.9 Å². The number of nitrogens with two attached hydrogens (primary N) is 1. The molecule has 0 bridgehead atoms. The van der Waals surface area contributed by atoms with Crippen molar-refractivity contribution in [3.05, 3.63) is 65.9 Å².